The summed E-state index contributed by atoms with van der Waals surface area (Å²) in [5.41, 5.74) is 0. The highest BCUT2D eigenvalue weighted by molar-refractivity contribution is 7.89. The first-order valence-corrected chi connectivity index (χ1v) is 7.44. The number of hydrogen-bond donors (Lipinski definition) is 1. The molecule has 1 aliphatic rings. The first-order chi connectivity index (χ1) is 8.84. The Balaban J connectivity index is 2.45. The van der Waals surface area contributed by atoms with Gasteiger partial charge in [-0.3, -0.25) is 4.79 Å². The van der Waals surface area contributed by atoms with E-state index in [1.54, 1.807) is 0 Å². The smallest absolute Gasteiger partial charge is 0.245 e. The van der Waals surface area contributed by atoms with Crippen LogP contribution in [0.15, 0.2) is 17.0 Å². The second-order valence-electron chi connectivity index (χ2n) is 3.86. The zero-order valence-corrected chi connectivity index (χ0v) is 11.8. The molecule has 1 aromatic carbocycles. The lowest BCUT2D eigenvalue weighted by molar-refractivity contribution is -0.122. The third-order valence-electron chi connectivity index (χ3n) is 2.62. The number of carbonyl (C=O) groups is 1. The normalized spacial score (nSPS) is 17.3. The molecule has 1 aromatic rings. The van der Waals surface area contributed by atoms with E-state index < -0.39 is 31.7 Å². The Morgan fingerprint density at radius 3 is 2.63 bits per heavy atom. The predicted molar refractivity (Wildman–Crippen MR) is 68.2 cm³/mol. The number of sulfonamides is 1. The molecule has 0 spiro atoms. The topological polar surface area (TPSA) is 66.5 Å². The lowest BCUT2D eigenvalue weighted by Crippen LogP contribution is -2.49. The molecule has 2 rings (SSSR count). The van der Waals surface area contributed by atoms with E-state index in [0.717, 1.165) is 16.4 Å². The first kappa shape index (κ1) is 14.5. The molecule has 0 bridgehead atoms. The van der Waals surface area contributed by atoms with Gasteiger partial charge >= 0.3 is 0 Å². The average molecular weight is 327 g/mol. The maximum atomic E-state index is 13.5. The Morgan fingerprint density at radius 1 is 1.32 bits per heavy atom. The summed E-state index contributed by atoms with van der Waals surface area (Å²) in [5.74, 6) is -1.41. The Labute approximate surface area is 119 Å². The number of benzene rings is 1. The summed E-state index contributed by atoms with van der Waals surface area (Å²) >= 11 is 11.2. The molecular formula is C10H9Cl2FN2O3S. The zero-order valence-electron chi connectivity index (χ0n) is 9.49. The van der Waals surface area contributed by atoms with Crippen molar-refractivity contribution in [2.75, 3.05) is 19.6 Å². The van der Waals surface area contributed by atoms with Crippen LogP contribution in [-0.2, 0) is 14.8 Å². The van der Waals surface area contributed by atoms with Crippen molar-refractivity contribution in [3.63, 3.8) is 0 Å². The zero-order chi connectivity index (χ0) is 14.2. The van der Waals surface area contributed by atoms with E-state index in [-0.39, 0.29) is 24.7 Å². The van der Waals surface area contributed by atoms with Gasteiger partial charge in [-0.05, 0) is 12.1 Å². The maximum Gasteiger partial charge on any atom is 0.245 e. The van der Waals surface area contributed by atoms with E-state index in [0.29, 0.717) is 0 Å². The van der Waals surface area contributed by atoms with Crippen molar-refractivity contribution in [3.8, 4) is 0 Å². The summed E-state index contributed by atoms with van der Waals surface area (Å²) in [6.07, 6.45) is 0. The molecule has 0 aliphatic carbocycles. The number of halogens is 3. The van der Waals surface area contributed by atoms with Crippen molar-refractivity contribution in [2.24, 2.45) is 0 Å². The van der Waals surface area contributed by atoms with E-state index >= 15 is 0 Å². The van der Waals surface area contributed by atoms with Gasteiger partial charge in [0.05, 0.1) is 16.6 Å². The van der Waals surface area contributed by atoms with Crippen LogP contribution in [-0.4, -0.2) is 38.3 Å². The monoisotopic (exact) mass is 326 g/mol. The second-order valence-corrected chi connectivity index (χ2v) is 6.55. The number of rotatable bonds is 2. The van der Waals surface area contributed by atoms with Crippen LogP contribution in [0.4, 0.5) is 4.39 Å². The van der Waals surface area contributed by atoms with Gasteiger partial charge in [0.25, 0.3) is 0 Å². The van der Waals surface area contributed by atoms with Crippen LogP contribution in [0.2, 0.25) is 10.0 Å². The van der Waals surface area contributed by atoms with Crippen molar-refractivity contribution < 1.29 is 17.6 Å². The quantitative estimate of drug-likeness (QED) is 0.832. The highest BCUT2D eigenvalue weighted by Gasteiger charge is 2.32. The molecule has 1 fully saturated rings. The molecule has 0 aromatic heterocycles. The fourth-order valence-electron chi connectivity index (χ4n) is 1.67. The van der Waals surface area contributed by atoms with Crippen LogP contribution in [0.3, 0.4) is 0 Å². The molecule has 9 heteroatoms. The van der Waals surface area contributed by atoms with E-state index in [1.807, 2.05) is 0 Å². The fourth-order valence-corrected chi connectivity index (χ4v) is 3.78. The number of nitrogens with zero attached hydrogens (tertiary/aromatic N) is 1. The van der Waals surface area contributed by atoms with Gasteiger partial charge in [-0.15, -0.1) is 0 Å². The number of hydrogen-bond acceptors (Lipinski definition) is 3. The van der Waals surface area contributed by atoms with Gasteiger partial charge in [0.15, 0.2) is 5.82 Å². The molecule has 1 amide bonds. The van der Waals surface area contributed by atoms with Crippen LogP contribution in [0.1, 0.15) is 0 Å². The minimum atomic E-state index is -4.02. The number of amides is 1. The third kappa shape index (κ3) is 2.69. The summed E-state index contributed by atoms with van der Waals surface area (Å²) in [4.78, 5) is 10.8. The van der Waals surface area contributed by atoms with E-state index in [9.17, 15) is 17.6 Å². The van der Waals surface area contributed by atoms with Crippen molar-refractivity contribution in [1.29, 1.82) is 0 Å². The van der Waals surface area contributed by atoms with Gasteiger partial charge < -0.3 is 5.32 Å². The highest BCUT2D eigenvalue weighted by Crippen LogP contribution is 2.31. The van der Waals surface area contributed by atoms with Crippen molar-refractivity contribution >= 4 is 39.1 Å². The lowest BCUT2D eigenvalue weighted by atomic mass is 10.3. The molecule has 104 valence electrons. The third-order valence-corrected chi connectivity index (χ3v) is 5.28. The Hall–Kier alpha value is -0.890. The molecule has 0 atom stereocenters. The van der Waals surface area contributed by atoms with Crippen LogP contribution in [0.5, 0.6) is 0 Å². The number of nitrogens with one attached hydrogen (secondary N) is 1. The average Bonchev–Trinajstić information content (AvgIpc) is 2.36. The van der Waals surface area contributed by atoms with Gasteiger partial charge in [0, 0.05) is 13.1 Å². The van der Waals surface area contributed by atoms with Crippen LogP contribution >= 0.6 is 23.2 Å². The summed E-state index contributed by atoms with van der Waals surface area (Å²) in [6, 6.07) is 2.23. The highest BCUT2D eigenvalue weighted by atomic mass is 35.5. The van der Waals surface area contributed by atoms with E-state index in [1.165, 1.54) is 0 Å². The van der Waals surface area contributed by atoms with Crippen LogP contribution in [0.25, 0.3) is 0 Å². The van der Waals surface area contributed by atoms with Gasteiger partial charge in [-0.25, -0.2) is 12.8 Å². The number of piperazine rings is 1. The predicted octanol–water partition coefficient (Wildman–Crippen LogP) is 1.25. The summed E-state index contributed by atoms with van der Waals surface area (Å²) in [7, 11) is -4.02. The Morgan fingerprint density at radius 2 is 2.00 bits per heavy atom. The molecule has 19 heavy (non-hydrogen) atoms. The Kier molecular flexibility index (Phi) is 4.00. The van der Waals surface area contributed by atoms with Crippen LogP contribution < -0.4 is 5.32 Å². The SMILES string of the molecule is O=C1CN(S(=O)(=O)c2ccc(Cl)c(F)c2Cl)CCN1. The summed E-state index contributed by atoms with van der Waals surface area (Å²) in [5, 5.41) is 1.66. The second kappa shape index (κ2) is 5.24. The minimum Gasteiger partial charge on any atom is -0.354 e. The van der Waals surface area contributed by atoms with E-state index in [2.05, 4.69) is 5.32 Å². The molecule has 1 saturated heterocycles. The standard InChI is InChI=1S/C10H9Cl2FN2O3S/c11-6-1-2-7(9(12)10(6)13)19(17,18)15-4-3-14-8(16)5-15/h1-2H,3-5H2,(H,14,16). The first-order valence-electron chi connectivity index (χ1n) is 5.24. The Bertz CT molecular complexity index is 636. The number of carbonyl (C=O) groups excluding carboxylic acids is 1. The van der Waals surface area contributed by atoms with Crippen molar-refractivity contribution in [1.82, 2.24) is 9.62 Å². The molecule has 5 nitrogen and oxygen atoms in total. The van der Waals surface area contributed by atoms with Gasteiger partial charge in [0.2, 0.25) is 15.9 Å². The van der Waals surface area contributed by atoms with Crippen molar-refractivity contribution in [2.45, 2.75) is 4.90 Å². The molecule has 0 saturated carbocycles. The van der Waals surface area contributed by atoms with Crippen LogP contribution in [0, 0.1) is 5.82 Å². The maximum absolute atomic E-state index is 13.5. The summed E-state index contributed by atoms with van der Waals surface area (Å²) in [6.45, 7) is -0.0106. The van der Waals surface area contributed by atoms with Gasteiger partial charge in [-0.1, -0.05) is 23.2 Å². The van der Waals surface area contributed by atoms with E-state index in [4.69, 9.17) is 23.2 Å². The fraction of sp³-hybridized carbons (Fsp3) is 0.300. The summed E-state index contributed by atoms with van der Waals surface area (Å²) < 4.78 is 39.0. The lowest BCUT2D eigenvalue weighted by Gasteiger charge is -2.26. The molecule has 1 heterocycles. The largest absolute Gasteiger partial charge is 0.354 e. The molecule has 0 radical (unpaired) electrons. The van der Waals surface area contributed by atoms with Gasteiger partial charge in [0.1, 0.15) is 4.90 Å². The van der Waals surface area contributed by atoms with Gasteiger partial charge in [-0.2, -0.15) is 4.31 Å². The molecular weight excluding hydrogens is 318 g/mol. The molecule has 0 unspecified atom stereocenters. The molecule has 1 aliphatic heterocycles. The molecule has 1 N–H and O–H groups in total. The van der Waals surface area contributed by atoms with Crippen molar-refractivity contribution in [3.05, 3.63) is 28.0 Å². The minimum absolute atomic E-state index is 0.106.